The van der Waals surface area contributed by atoms with E-state index in [4.69, 9.17) is 4.42 Å². The first kappa shape index (κ1) is 8.87. The third-order valence-electron chi connectivity index (χ3n) is 2.03. The normalized spacial score (nSPS) is 10.7. The van der Waals surface area contributed by atoms with E-state index in [2.05, 4.69) is 4.98 Å². The van der Waals surface area contributed by atoms with Gasteiger partial charge in [-0.3, -0.25) is 0 Å². The van der Waals surface area contributed by atoms with Crippen molar-refractivity contribution in [3.63, 3.8) is 0 Å². The molecule has 3 nitrogen and oxygen atoms in total. The van der Waals surface area contributed by atoms with Crippen LogP contribution in [0.25, 0.3) is 11.0 Å². The van der Waals surface area contributed by atoms with Gasteiger partial charge in [-0.1, -0.05) is 13.0 Å². The quantitative estimate of drug-likeness (QED) is 0.694. The molecule has 4 heteroatoms. The number of rotatable bonds is 1. The summed E-state index contributed by atoms with van der Waals surface area (Å²) in [5.41, 5.74) is 0.556. The number of fused-ring (bicyclic) bond motifs is 1. The van der Waals surface area contributed by atoms with Crippen molar-refractivity contribution in [2.75, 3.05) is 0 Å². The van der Waals surface area contributed by atoms with Crippen LogP contribution in [-0.4, -0.2) is 4.98 Å². The van der Waals surface area contributed by atoms with E-state index < -0.39 is 11.6 Å². The summed E-state index contributed by atoms with van der Waals surface area (Å²) in [6.07, 6.45) is 0.575. The Morgan fingerprint density at radius 2 is 2.29 bits per heavy atom. The average molecular weight is 193 g/mol. The standard InChI is InChI=1S/C10H8FNO2/c1-2-8-6-4-3-5-7(11)9(6)14-10(13)12-8/h3-5H,2H2,1H3. The van der Waals surface area contributed by atoms with E-state index >= 15 is 0 Å². The second-order valence-corrected chi connectivity index (χ2v) is 2.90. The Morgan fingerprint density at radius 3 is 3.00 bits per heavy atom. The molecule has 0 spiro atoms. The summed E-state index contributed by atoms with van der Waals surface area (Å²) in [7, 11) is 0. The summed E-state index contributed by atoms with van der Waals surface area (Å²) >= 11 is 0. The van der Waals surface area contributed by atoms with Gasteiger partial charge < -0.3 is 4.42 Å². The molecule has 0 saturated heterocycles. The van der Waals surface area contributed by atoms with Crippen LogP contribution >= 0.6 is 0 Å². The van der Waals surface area contributed by atoms with Crippen LogP contribution in [0.2, 0.25) is 0 Å². The van der Waals surface area contributed by atoms with E-state index in [1.54, 1.807) is 12.1 Å². The Balaban J connectivity index is 2.94. The number of nitrogens with zero attached hydrogens (tertiary/aromatic N) is 1. The van der Waals surface area contributed by atoms with Crippen molar-refractivity contribution in [1.82, 2.24) is 4.98 Å². The monoisotopic (exact) mass is 193 g/mol. The zero-order valence-corrected chi connectivity index (χ0v) is 7.58. The zero-order valence-electron chi connectivity index (χ0n) is 7.58. The lowest BCUT2D eigenvalue weighted by Crippen LogP contribution is -2.07. The maximum atomic E-state index is 13.2. The van der Waals surface area contributed by atoms with Crippen molar-refractivity contribution in [3.05, 3.63) is 40.3 Å². The molecule has 0 radical (unpaired) electrons. The summed E-state index contributed by atoms with van der Waals surface area (Å²) in [6, 6.07) is 4.51. The molecule has 0 saturated carbocycles. The summed E-state index contributed by atoms with van der Waals surface area (Å²) in [5, 5.41) is 0.562. The molecule has 1 aromatic heterocycles. The Hall–Kier alpha value is -1.71. The van der Waals surface area contributed by atoms with Crippen LogP contribution in [0, 0.1) is 5.82 Å². The molecular weight excluding hydrogens is 185 g/mol. The third-order valence-corrected chi connectivity index (χ3v) is 2.03. The van der Waals surface area contributed by atoms with E-state index in [0.29, 0.717) is 17.5 Å². The zero-order chi connectivity index (χ0) is 10.1. The lowest BCUT2D eigenvalue weighted by molar-refractivity contribution is 0.499. The fourth-order valence-electron chi connectivity index (χ4n) is 1.39. The number of para-hydroxylation sites is 1. The first-order valence-corrected chi connectivity index (χ1v) is 4.30. The van der Waals surface area contributed by atoms with Crippen LogP contribution in [0.4, 0.5) is 4.39 Å². The van der Waals surface area contributed by atoms with Gasteiger partial charge in [-0.2, -0.15) is 4.98 Å². The van der Waals surface area contributed by atoms with Crippen molar-refractivity contribution in [1.29, 1.82) is 0 Å². The van der Waals surface area contributed by atoms with Gasteiger partial charge in [-0.05, 0) is 18.6 Å². The maximum absolute atomic E-state index is 13.2. The highest BCUT2D eigenvalue weighted by atomic mass is 19.1. The molecule has 0 bridgehead atoms. The Morgan fingerprint density at radius 1 is 1.50 bits per heavy atom. The maximum Gasteiger partial charge on any atom is 0.439 e. The van der Waals surface area contributed by atoms with Crippen LogP contribution in [0.3, 0.4) is 0 Å². The lowest BCUT2D eigenvalue weighted by Gasteiger charge is -2.00. The molecule has 0 aliphatic rings. The van der Waals surface area contributed by atoms with Crippen molar-refractivity contribution in [2.24, 2.45) is 0 Å². The van der Waals surface area contributed by atoms with Gasteiger partial charge in [0.25, 0.3) is 0 Å². The predicted octanol–water partition coefficient (Wildman–Crippen LogP) is 1.89. The highest BCUT2D eigenvalue weighted by molar-refractivity contribution is 5.79. The van der Waals surface area contributed by atoms with E-state index in [9.17, 15) is 9.18 Å². The van der Waals surface area contributed by atoms with Gasteiger partial charge in [-0.25, -0.2) is 9.18 Å². The Kier molecular flexibility index (Phi) is 2.04. The summed E-state index contributed by atoms with van der Waals surface area (Å²) < 4.78 is 17.9. The second-order valence-electron chi connectivity index (χ2n) is 2.90. The molecule has 2 aromatic rings. The first-order chi connectivity index (χ1) is 6.72. The molecule has 0 N–H and O–H groups in total. The van der Waals surface area contributed by atoms with Crippen LogP contribution in [0.15, 0.2) is 27.4 Å². The summed E-state index contributed by atoms with van der Waals surface area (Å²) in [4.78, 5) is 14.6. The molecule has 0 aliphatic heterocycles. The van der Waals surface area contributed by atoms with Crippen molar-refractivity contribution in [2.45, 2.75) is 13.3 Å². The fourth-order valence-corrected chi connectivity index (χ4v) is 1.39. The minimum absolute atomic E-state index is 0.00986. The third kappa shape index (κ3) is 1.28. The number of benzene rings is 1. The molecule has 1 aromatic carbocycles. The molecule has 0 atom stereocenters. The number of halogens is 1. The van der Waals surface area contributed by atoms with Gasteiger partial charge in [0.2, 0.25) is 0 Å². The van der Waals surface area contributed by atoms with Crippen LogP contribution in [0.1, 0.15) is 12.6 Å². The average Bonchev–Trinajstić information content (AvgIpc) is 2.18. The summed E-state index contributed by atoms with van der Waals surface area (Å²) in [5.74, 6) is -1.28. The molecule has 0 unspecified atom stereocenters. The van der Waals surface area contributed by atoms with E-state index in [-0.39, 0.29) is 5.58 Å². The van der Waals surface area contributed by atoms with Crippen LogP contribution in [-0.2, 0) is 6.42 Å². The van der Waals surface area contributed by atoms with Crippen molar-refractivity contribution < 1.29 is 8.81 Å². The predicted molar refractivity (Wildman–Crippen MR) is 49.6 cm³/mol. The van der Waals surface area contributed by atoms with E-state index in [1.807, 2.05) is 6.92 Å². The van der Waals surface area contributed by atoms with E-state index in [1.165, 1.54) is 6.07 Å². The number of hydrogen-bond donors (Lipinski definition) is 0. The van der Waals surface area contributed by atoms with Crippen LogP contribution in [0.5, 0.6) is 0 Å². The highest BCUT2D eigenvalue weighted by Crippen LogP contribution is 2.18. The minimum atomic E-state index is -0.751. The van der Waals surface area contributed by atoms with Gasteiger partial charge in [0.1, 0.15) is 0 Å². The molecule has 0 fully saturated rings. The van der Waals surface area contributed by atoms with Gasteiger partial charge in [0.05, 0.1) is 5.69 Å². The Labute approximate surface area is 79.2 Å². The van der Waals surface area contributed by atoms with Gasteiger partial charge >= 0.3 is 5.76 Å². The van der Waals surface area contributed by atoms with Gasteiger partial charge in [-0.15, -0.1) is 0 Å². The smallest absolute Gasteiger partial charge is 0.405 e. The SMILES string of the molecule is CCc1nc(=O)oc2c(F)cccc12. The topological polar surface area (TPSA) is 43.1 Å². The molecular formula is C10H8FNO2. The molecule has 2 rings (SSSR count). The first-order valence-electron chi connectivity index (χ1n) is 4.30. The van der Waals surface area contributed by atoms with Gasteiger partial charge in [0.15, 0.2) is 11.4 Å². The molecule has 14 heavy (non-hydrogen) atoms. The number of aryl methyl sites for hydroxylation is 1. The van der Waals surface area contributed by atoms with Gasteiger partial charge in [0, 0.05) is 5.39 Å². The second kappa shape index (κ2) is 3.21. The largest absolute Gasteiger partial charge is 0.439 e. The number of aromatic nitrogens is 1. The highest BCUT2D eigenvalue weighted by Gasteiger charge is 2.08. The lowest BCUT2D eigenvalue weighted by atomic mass is 10.1. The minimum Gasteiger partial charge on any atom is -0.405 e. The van der Waals surface area contributed by atoms with Crippen molar-refractivity contribution in [3.8, 4) is 0 Å². The van der Waals surface area contributed by atoms with Crippen molar-refractivity contribution >= 4 is 11.0 Å². The Bertz CT molecular complexity index is 533. The molecule has 0 aliphatic carbocycles. The molecule has 72 valence electrons. The van der Waals surface area contributed by atoms with Crippen LogP contribution < -0.4 is 5.76 Å². The fraction of sp³-hybridized carbons (Fsp3) is 0.200. The number of hydrogen-bond acceptors (Lipinski definition) is 3. The molecule has 1 heterocycles. The van der Waals surface area contributed by atoms with E-state index in [0.717, 1.165) is 0 Å². The summed E-state index contributed by atoms with van der Waals surface area (Å²) in [6.45, 7) is 1.85. The molecule has 0 amide bonds.